The first-order valence-corrected chi connectivity index (χ1v) is 9.38. The van der Waals surface area contributed by atoms with Gasteiger partial charge in [0, 0.05) is 44.2 Å². The fourth-order valence-electron chi connectivity index (χ4n) is 3.58. The summed E-state index contributed by atoms with van der Waals surface area (Å²) in [5.41, 5.74) is 1.42. The summed E-state index contributed by atoms with van der Waals surface area (Å²) in [6.45, 7) is 3.18. The molecule has 1 amide bonds. The molecule has 138 valence electrons. The van der Waals surface area contributed by atoms with Crippen molar-refractivity contribution in [3.05, 3.63) is 29.4 Å². The van der Waals surface area contributed by atoms with Gasteiger partial charge in [-0.3, -0.25) is 4.79 Å². The van der Waals surface area contributed by atoms with Gasteiger partial charge in [-0.25, -0.2) is 9.97 Å². The van der Waals surface area contributed by atoms with Crippen molar-refractivity contribution in [2.45, 2.75) is 38.5 Å². The van der Waals surface area contributed by atoms with Crippen molar-refractivity contribution in [2.75, 3.05) is 36.4 Å². The number of carbonyl (C=O) groups is 1. The number of amides is 1. The Hall–Kier alpha value is -2.64. The topological polar surface area (TPSA) is 96.2 Å². The number of nitrogens with zero attached hydrogens (tertiary/aromatic N) is 4. The fraction of sp³-hybridized carbons (Fsp3) is 0.556. The Balaban J connectivity index is 1.27. The van der Waals surface area contributed by atoms with Gasteiger partial charge in [-0.2, -0.15) is 0 Å². The number of rotatable bonds is 6. The normalized spacial score (nSPS) is 16.4. The summed E-state index contributed by atoms with van der Waals surface area (Å²) in [4.78, 5) is 23.2. The number of aryl methyl sites for hydroxylation is 1. The summed E-state index contributed by atoms with van der Waals surface area (Å²) < 4.78 is 5.30. The number of carbonyl (C=O) groups excluding carboxylic acids is 1. The van der Waals surface area contributed by atoms with Crippen LogP contribution in [0.15, 0.2) is 16.9 Å². The smallest absolute Gasteiger partial charge is 0.273 e. The second kappa shape index (κ2) is 7.72. The maximum atomic E-state index is 12.3. The van der Waals surface area contributed by atoms with Gasteiger partial charge in [0.1, 0.15) is 23.7 Å². The average molecular weight is 356 g/mol. The van der Waals surface area contributed by atoms with Gasteiger partial charge in [-0.05, 0) is 32.1 Å². The molecule has 2 N–H and O–H groups in total. The largest absolute Gasteiger partial charge is 0.368 e. The lowest BCUT2D eigenvalue weighted by Crippen LogP contribution is -2.30. The maximum absolute atomic E-state index is 12.3. The number of fused-ring (bicyclic) bond motifs is 1. The van der Waals surface area contributed by atoms with E-state index in [1.54, 1.807) is 6.33 Å². The number of aromatic nitrogens is 3. The van der Waals surface area contributed by atoms with E-state index in [-0.39, 0.29) is 5.91 Å². The maximum Gasteiger partial charge on any atom is 0.273 e. The molecule has 0 bridgehead atoms. The van der Waals surface area contributed by atoms with Gasteiger partial charge < -0.3 is 20.1 Å². The van der Waals surface area contributed by atoms with Crippen LogP contribution < -0.4 is 15.5 Å². The molecule has 2 aromatic heterocycles. The molecule has 1 saturated heterocycles. The van der Waals surface area contributed by atoms with Crippen LogP contribution in [0.3, 0.4) is 0 Å². The fourth-order valence-corrected chi connectivity index (χ4v) is 3.58. The van der Waals surface area contributed by atoms with E-state index in [1.165, 1.54) is 12.8 Å². The molecule has 0 radical (unpaired) electrons. The van der Waals surface area contributed by atoms with Crippen molar-refractivity contribution >= 4 is 17.5 Å². The second-order valence-corrected chi connectivity index (χ2v) is 6.78. The van der Waals surface area contributed by atoms with Gasteiger partial charge in [-0.1, -0.05) is 5.16 Å². The third kappa shape index (κ3) is 3.63. The molecule has 0 unspecified atom stereocenters. The Morgan fingerprint density at radius 3 is 2.85 bits per heavy atom. The van der Waals surface area contributed by atoms with E-state index < -0.39 is 0 Å². The Kier molecular flexibility index (Phi) is 4.99. The third-order valence-electron chi connectivity index (χ3n) is 4.96. The van der Waals surface area contributed by atoms with Crippen LogP contribution >= 0.6 is 0 Å². The molecule has 1 aliphatic carbocycles. The standard InChI is InChI=1S/C18H24N6O2/c25-18(17-13-5-1-2-6-14(13)26-23-17)20-8-7-19-15-11-16(22-12-21-15)24-9-3-4-10-24/h11-12H,1-10H2,(H,20,25)(H,19,21,22). The number of hydrogen-bond acceptors (Lipinski definition) is 7. The molecule has 8 nitrogen and oxygen atoms in total. The van der Waals surface area contributed by atoms with Crippen LogP contribution in [-0.4, -0.2) is 47.2 Å². The highest BCUT2D eigenvalue weighted by Crippen LogP contribution is 2.24. The molecular formula is C18H24N6O2. The van der Waals surface area contributed by atoms with Crippen LogP contribution in [-0.2, 0) is 12.8 Å². The molecule has 1 fully saturated rings. The van der Waals surface area contributed by atoms with Crippen LogP contribution in [0.4, 0.5) is 11.6 Å². The van der Waals surface area contributed by atoms with Gasteiger partial charge in [0.15, 0.2) is 5.69 Å². The molecule has 2 aromatic rings. The minimum absolute atomic E-state index is 0.167. The van der Waals surface area contributed by atoms with Gasteiger partial charge in [0.2, 0.25) is 0 Å². The lowest BCUT2D eigenvalue weighted by atomic mass is 9.96. The third-order valence-corrected chi connectivity index (χ3v) is 4.96. The summed E-state index contributed by atoms with van der Waals surface area (Å²) in [5, 5.41) is 10.1. The Morgan fingerprint density at radius 1 is 1.12 bits per heavy atom. The molecule has 0 atom stereocenters. The van der Waals surface area contributed by atoms with E-state index in [9.17, 15) is 4.79 Å². The Bertz CT molecular complexity index is 769. The van der Waals surface area contributed by atoms with Crippen molar-refractivity contribution in [3.63, 3.8) is 0 Å². The van der Waals surface area contributed by atoms with Crippen molar-refractivity contribution in [1.82, 2.24) is 20.4 Å². The lowest BCUT2D eigenvalue weighted by Gasteiger charge is -2.16. The van der Waals surface area contributed by atoms with E-state index in [4.69, 9.17) is 4.52 Å². The lowest BCUT2D eigenvalue weighted by molar-refractivity contribution is 0.0945. The van der Waals surface area contributed by atoms with E-state index in [1.807, 2.05) is 6.07 Å². The molecule has 0 spiro atoms. The molecule has 3 heterocycles. The molecule has 0 saturated carbocycles. The van der Waals surface area contributed by atoms with Gasteiger partial charge in [0.25, 0.3) is 5.91 Å². The van der Waals surface area contributed by atoms with Crippen LogP contribution in [0.25, 0.3) is 0 Å². The first-order chi connectivity index (χ1) is 12.8. The quantitative estimate of drug-likeness (QED) is 0.762. The summed E-state index contributed by atoms with van der Waals surface area (Å²) in [7, 11) is 0. The van der Waals surface area contributed by atoms with E-state index in [0.717, 1.165) is 61.7 Å². The van der Waals surface area contributed by atoms with Crippen LogP contribution in [0.1, 0.15) is 47.5 Å². The number of anilines is 2. The van der Waals surface area contributed by atoms with Gasteiger partial charge in [0.05, 0.1) is 0 Å². The highest BCUT2D eigenvalue weighted by molar-refractivity contribution is 5.93. The van der Waals surface area contributed by atoms with Crippen LogP contribution in [0, 0.1) is 0 Å². The summed E-state index contributed by atoms with van der Waals surface area (Å²) in [6.07, 6.45) is 7.95. The predicted octanol–water partition coefficient (Wildman–Crippen LogP) is 1.79. The van der Waals surface area contributed by atoms with E-state index in [2.05, 4.69) is 30.7 Å². The number of hydrogen-bond donors (Lipinski definition) is 2. The zero-order valence-corrected chi connectivity index (χ0v) is 14.8. The van der Waals surface area contributed by atoms with Crippen molar-refractivity contribution in [3.8, 4) is 0 Å². The van der Waals surface area contributed by atoms with Crippen LogP contribution in [0.5, 0.6) is 0 Å². The van der Waals surface area contributed by atoms with E-state index >= 15 is 0 Å². The number of nitrogens with one attached hydrogen (secondary N) is 2. The molecule has 4 rings (SSSR count). The monoisotopic (exact) mass is 356 g/mol. The van der Waals surface area contributed by atoms with E-state index in [0.29, 0.717) is 18.8 Å². The molecule has 2 aliphatic rings. The zero-order valence-electron chi connectivity index (χ0n) is 14.8. The summed E-state index contributed by atoms with van der Waals surface area (Å²) >= 11 is 0. The summed E-state index contributed by atoms with van der Waals surface area (Å²) in [5.74, 6) is 2.43. The minimum Gasteiger partial charge on any atom is -0.368 e. The molecule has 8 heteroatoms. The van der Waals surface area contributed by atoms with Gasteiger partial charge in [-0.15, -0.1) is 0 Å². The van der Waals surface area contributed by atoms with Crippen molar-refractivity contribution in [2.24, 2.45) is 0 Å². The first-order valence-electron chi connectivity index (χ1n) is 9.38. The SMILES string of the molecule is O=C(NCCNc1cc(N2CCCC2)ncn1)c1noc2c1CCCC2. The Morgan fingerprint density at radius 2 is 1.96 bits per heavy atom. The molecule has 26 heavy (non-hydrogen) atoms. The average Bonchev–Trinajstić information content (AvgIpc) is 3.35. The highest BCUT2D eigenvalue weighted by atomic mass is 16.5. The van der Waals surface area contributed by atoms with Gasteiger partial charge >= 0.3 is 0 Å². The molecular weight excluding hydrogens is 332 g/mol. The predicted molar refractivity (Wildman–Crippen MR) is 97.4 cm³/mol. The van der Waals surface area contributed by atoms with Crippen molar-refractivity contribution in [1.29, 1.82) is 0 Å². The minimum atomic E-state index is -0.167. The summed E-state index contributed by atoms with van der Waals surface area (Å²) in [6, 6.07) is 1.96. The first kappa shape index (κ1) is 16.8. The van der Waals surface area contributed by atoms with Crippen molar-refractivity contribution < 1.29 is 9.32 Å². The second-order valence-electron chi connectivity index (χ2n) is 6.78. The Labute approximate surface area is 152 Å². The molecule has 0 aromatic carbocycles. The zero-order chi connectivity index (χ0) is 17.8. The highest BCUT2D eigenvalue weighted by Gasteiger charge is 2.23. The molecule has 1 aliphatic heterocycles. The van der Waals surface area contributed by atoms with Crippen LogP contribution in [0.2, 0.25) is 0 Å².